The number of anilines is 1. The first kappa shape index (κ1) is 9.64. The fourth-order valence-corrected chi connectivity index (χ4v) is 1.46. The zero-order chi connectivity index (χ0) is 10.7. The highest BCUT2D eigenvalue weighted by molar-refractivity contribution is 5.98. The van der Waals surface area contributed by atoms with Crippen molar-refractivity contribution in [2.75, 3.05) is 5.32 Å². The summed E-state index contributed by atoms with van der Waals surface area (Å²) >= 11 is 0. The summed E-state index contributed by atoms with van der Waals surface area (Å²) in [4.78, 5) is 26.5. The largest absolute Gasteiger partial charge is 0.344 e. The Morgan fingerprint density at radius 3 is 3.00 bits per heavy atom. The van der Waals surface area contributed by atoms with E-state index >= 15 is 0 Å². The molecule has 0 radical (unpaired) electrons. The standard InChI is InChI=1S/C10H11N3O2/c14-9-5-4-7(12-9)10(15)13-8-3-1-2-6-11-8/h1-3,6-7H,4-5H2,(H,12,14)(H,11,13,15)/t7-/m0/s1. The molecule has 0 unspecified atom stereocenters. The highest BCUT2D eigenvalue weighted by Gasteiger charge is 2.27. The van der Waals surface area contributed by atoms with E-state index in [0.29, 0.717) is 18.7 Å². The predicted octanol–water partition coefficient (Wildman–Crippen LogP) is 0.299. The molecular weight excluding hydrogens is 194 g/mol. The number of hydrogen-bond donors (Lipinski definition) is 2. The Balaban J connectivity index is 1.96. The summed E-state index contributed by atoms with van der Waals surface area (Å²) in [6, 6.07) is 4.84. The van der Waals surface area contributed by atoms with Crippen molar-refractivity contribution in [2.45, 2.75) is 18.9 Å². The molecule has 2 rings (SSSR count). The molecule has 2 N–H and O–H groups in total. The molecule has 1 atom stereocenters. The maximum Gasteiger partial charge on any atom is 0.248 e. The Hall–Kier alpha value is -1.91. The predicted molar refractivity (Wildman–Crippen MR) is 54.0 cm³/mol. The van der Waals surface area contributed by atoms with E-state index in [0.717, 1.165) is 0 Å². The minimum absolute atomic E-state index is 0.0730. The SMILES string of the molecule is O=C1CC[C@@H](C(=O)Nc2ccccn2)N1. The van der Waals surface area contributed by atoms with Gasteiger partial charge in [0, 0.05) is 12.6 Å². The first-order chi connectivity index (χ1) is 7.25. The van der Waals surface area contributed by atoms with Gasteiger partial charge in [0.2, 0.25) is 11.8 Å². The fraction of sp³-hybridized carbons (Fsp3) is 0.300. The van der Waals surface area contributed by atoms with Crippen molar-refractivity contribution < 1.29 is 9.59 Å². The van der Waals surface area contributed by atoms with Crippen molar-refractivity contribution in [3.63, 3.8) is 0 Å². The van der Waals surface area contributed by atoms with Crippen LogP contribution in [0.25, 0.3) is 0 Å². The number of carbonyl (C=O) groups excluding carboxylic acids is 2. The van der Waals surface area contributed by atoms with Crippen LogP contribution >= 0.6 is 0 Å². The van der Waals surface area contributed by atoms with Gasteiger partial charge in [-0.05, 0) is 18.6 Å². The summed E-state index contributed by atoms with van der Waals surface area (Å²) in [6.07, 6.45) is 2.57. The van der Waals surface area contributed by atoms with Crippen molar-refractivity contribution in [2.24, 2.45) is 0 Å². The molecule has 5 heteroatoms. The molecule has 0 aromatic carbocycles. The van der Waals surface area contributed by atoms with Crippen molar-refractivity contribution in [1.29, 1.82) is 0 Å². The smallest absolute Gasteiger partial charge is 0.248 e. The lowest BCUT2D eigenvalue weighted by Gasteiger charge is -2.09. The molecule has 15 heavy (non-hydrogen) atoms. The minimum atomic E-state index is -0.417. The van der Waals surface area contributed by atoms with Gasteiger partial charge in [0.1, 0.15) is 11.9 Å². The second-order valence-corrected chi connectivity index (χ2v) is 3.36. The molecule has 1 fully saturated rings. The van der Waals surface area contributed by atoms with Gasteiger partial charge in [0.05, 0.1) is 0 Å². The molecule has 78 valence electrons. The van der Waals surface area contributed by atoms with Crippen molar-refractivity contribution >= 4 is 17.6 Å². The molecule has 0 aliphatic carbocycles. The third kappa shape index (κ3) is 2.31. The molecule has 0 bridgehead atoms. The van der Waals surface area contributed by atoms with Crippen LogP contribution in [0.4, 0.5) is 5.82 Å². The molecule has 2 heterocycles. The molecule has 1 saturated heterocycles. The van der Waals surface area contributed by atoms with E-state index in [1.807, 2.05) is 0 Å². The highest BCUT2D eigenvalue weighted by Crippen LogP contribution is 2.09. The number of nitrogens with zero attached hydrogens (tertiary/aromatic N) is 1. The molecule has 5 nitrogen and oxygen atoms in total. The Morgan fingerprint density at radius 2 is 2.40 bits per heavy atom. The average Bonchev–Trinajstić information content (AvgIpc) is 2.66. The number of rotatable bonds is 2. The molecule has 2 amide bonds. The van der Waals surface area contributed by atoms with E-state index in [2.05, 4.69) is 15.6 Å². The van der Waals surface area contributed by atoms with Crippen LogP contribution in [0.2, 0.25) is 0 Å². The van der Waals surface area contributed by atoms with Gasteiger partial charge >= 0.3 is 0 Å². The summed E-state index contributed by atoms with van der Waals surface area (Å²) < 4.78 is 0. The van der Waals surface area contributed by atoms with E-state index in [4.69, 9.17) is 0 Å². The van der Waals surface area contributed by atoms with Gasteiger partial charge in [-0.2, -0.15) is 0 Å². The third-order valence-corrected chi connectivity index (χ3v) is 2.23. The molecule has 1 aliphatic rings. The molecular formula is C10H11N3O2. The van der Waals surface area contributed by atoms with Crippen LogP contribution in [-0.2, 0) is 9.59 Å². The van der Waals surface area contributed by atoms with E-state index < -0.39 is 6.04 Å². The summed E-state index contributed by atoms with van der Waals surface area (Å²) in [5.41, 5.74) is 0. The zero-order valence-corrected chi connectivity index (χ0v) is 8.06. The molecule has 1 aromatic rings. The van der Waals surface area contributed by atoms with Crippen LogP contribution in [-0.4, -0.2) is 22.8 Å². The average molecular weight is 205 g/mol. The quantitative estimate of drug-likeness (QED) is 0.729. The van der Waals surface area contributed by atoms with Gasteiger partial charge < -0.3 is 10.6 Å². The molecule has 1 aromatic heterocycles. The molecule has 0 spiro atoms. The van der Waals surface area contributed by atoms with E-state index in [9.17, 15) is 9.59 Å². The lowest BCUT2D eigenvalue weighted by atomic mass is 10.2. The van der Waals surface area contributed by atoms with Gasteiger partial charge in [0.15, 0.2) is 0 Å². The number of carbonyl (C=O) groups is 2. The van der Waals surface area contributed by atoms with E-state index in [1.165, 1.54) is 0 Å². The van der Waals surface area contributed by atoms with Crippen molar-refractivity contribution in [1.82, 2.24) is 10.3 Å². The van der Waals surface area contributed by atoms with Gasteiger partial charge in [-0.15, -0.1) is 0 Å². The van der Waals surface area contributed by atoms with E-state index in [-0.39, 0.29) is 11.8 Å². The maximum atomic E-state index is 11.6. The number of pyridine rings is 1. The molecule has 0 saturated carbocycles. The summed E-state index contributed by atoms with van der Waals surface area (Å²) in [5, 5.41) is 5.23. The summed E-state index contributed by atoms with van der Waals surface area (Å²) in [7, 11) is 0. The lowest BCUT2D eigenvalue weighted by Crippen LogP contribution is -2.37. The third-order valence-electron chi connectivity index (χ3n) is 2.23. The zero-order valence-electron chi connectivity index (χ0n) is 8.06. The lowest BCUT2D eigenvalue weighted by molar-refractivity contribution is -0.122. The van der Waals surface area contributed by atoms with E-state index in [1.54, 1.807) is 24.4 Å². The second kappa shape index (κ2) is 4.08. The summed E-state index contributed by atoms with van der Waals surface area (Å²) in [6.45, 7) is 0. The molecule has 1 aliphatic heterocycles. The Bertz CT molecular complexity index is 378. The van der Waals surface area contributed by atoms with Gasteiger partial charge in [-0.25, -0.2) is 4.98 Å². The Morgan fingerprint density at radius 1 is 1.53 bits per heavy atom. The maximum absolute atomic E-state index is 11.6. The summed E-state index contributed by atoms with van der Waals surface area (Å²) in [5.74, 6) is 0.222. The van der Waals surface area contributed by atoms with Gasteiger partial charge in [0.25, 0.3) is 0 Å². The first-order valence-corrected chi connectivity index (χ1v) is 4.77. The fourth-order valence-electron chi connectivity index (χ4n) is 1.46. The number of amides is 2. The Labute approximate surface area is 86.9 Å². The highest BCUT2D eigenvalue weighted by atomic mass is 16.2. The first-order valence-electron chi connectivity index (χ1n) is 4.77. The van der Waals surface area contributed by atoms with Crippen LogP contribution in [0.5, 0.6) is 0 Å². The minimum Gasteiger partial charge on any atom is -0.344 e. The number of aromatic nitrogens is 1. The number of nitrogens with one attached hydrogen (secondary N) is 2. The van der Waals surface area contributed by atoms with Crippen molar-refractivity contribution in [3.8, 4) is 0 Å². The monoisotopic (exact) mass is 205 g/mol. The van der Waals surface area contributed by atoms with Gasteiger partial charge in [-0.3, -0.25) is 9.59 Å². The second-order valence-electron chi connectivity index (χ2n) is 3.36. The van der Waals surface area contributed by atoms with Gasteiger partial charge in [-0.1, -0.05) is 6.07 Å². The van der Waals surface area contributed by atoms with Crippen LogP contribution in [0.15, 0.2) is 24.4 Å². The van der Waals surface area contributed by atoms with Crippen molar-refractivity contribution in [3.05, 3.63) is 24.4 Å². The van der Waals surface area contributed by atoms with Crippen LogP contribution in [0.1, 0.15) is 12.8 Å². The topological polar surface area (TPSA) is 71.1 Å². The van der Waals surface area contributed by atoms with Crippen LogP contribution in [0, 0.1) is 0 Å². The Kier molecular flexibility index (Phi) is 2.62. The number of hydrogen-bond acceptors (Lipinski definition) is 3. The normalized spacial score (nSPS) is 19.7. The van der Waals surface area contributed by atoms with Crippen LogP contribution in [0.3, 0.4) is 0 Å². The van der Waals surface area contributed by atoms with Crippen LogP contribution < -0.4 is 10.6 Å².